The highest BCUT2D eigenvalue weighted by molar-refractivity contribution is 5.87. The second-order valence-electron chi connectivity index (χ2n) is 4.71. The molecule has 0 bridgehead atoms. The van der Waals surface area contributed by atoms with Gasteiger partial charge in [-0.15, -0.1) is 0 Å². The first-order valence-electron chi connectivity index (χ1n) is 6.38. The van der Waals surface area contributed by atoms with E-state index >= 15 is 0 Å². The predicted molar refractivity (Wildman–Crippen MR) is 70.2 cm³/mol. The summed E-state index contributed by atoms with van der Waals surface area (Å²) in [6, 6.07) is 8.81. The van der Waals surface area contributed by atoms with Gasteiger partial charge < -0.3 is 15.8 Å². The van der Waals surface area contributed by atoms with Crippen molar-refractivity contribution in [2.45, 2.75) is 18.9 Å². The Hall–Kier alpha value is -1.88. The molecule has 0 spiro atoms. The van der Waals surface area contributed by atoms with Crippen LogP contribution < -0.4 is 11.1 Å². The van der Waals surface area contributed by atoms with Gasteiger partial charge in [0, 0.05) is 13.0 Å². The summed E-state index contributed by atoms with van der Waals surface area (Å²) in [5.41, 5.74) is 6.31. The molecular formula is C14H18N2O3. The number of benzene rings is 1. The number of carbonyl (C=O) groups excluding carboxylic acids is 2. The summed E-state index contributed by atoms with van der Waals surface area (Å²) >= 11 is 0. The first-order chi connectivity index (χ1) is 9.16. The number of hydrogen-bond donors (Lipinski definition) is 2. The van der Waals surface area contributed by atoms with E-state index in [1.165, 1.54) is 0 Å². The summed E-state index contributed by atoms with van der Waals surface area (Å²) in [6.45, 7) is 1.01. The number of primary amides is 1. The monoisotopic (exact) mass is 262 g/mol. The topological polar surface area (TPSA) is 81.4 Å². The molecule has 0 radical (unpaired) electrons. The molecule has 1 aliphatic heterocycles. The van der Waals surface area contributed by atoms with Crippen molar-refractivity contribution in [1.82, 2.24) is 5.32 Å². The molecule has 1 fully saturated rings. The number of nitrogens with two attached hydrogens (primary N) is 1. The second-order valence-corrected chi connectivity index (χ2v) is 4.71. The van der Waals surface area contributed by atoms with E-state index in [1.54, 1.807) is 0 Å². The number of nitrogens with one attached hydrogen (secondary N) is 1. The first-order valence-corrected chi connectivity index (χ1v) is 6.38. The van der Waals surface area contributed by atoms with E-state index in [1.807, 2.05) is 30.3 Å². The van der Waals surface area contributed by atoms with Crippen molar-refractivity contribution < 1.29 is 14.3 Å². The van der Waals surface area contributed by atoms with Gasteiger partial charge in [0.05, 0.1) is 12.5 Å². The SMILES string of the molecule is NC(=O)[C@H](Cc1ccccc1)NC(=O)[C@@H]1CCOC1. The van der Waals surface area contributed by atoms with Crippen LogP contribution in [0.5, 0.6) is 0 Å². The molecular weight excluding hydrogens is 244 g/mol. The van der Waals surface area contributed by atoms with Crippen molar-refractivity contribution in [1.29, 1.82) is 0 Å². The van der Waals surface area contributed by atoms with E-state index in [9.17, 15) is 9.59 Å². The molecule has 0 saturated carbocycles. The Morgan fingerprint density at radius 3 is 2.68 bits per heavy atom. The Balaban J connectivity index is 1.96. The Bertz CT molecular complexity index is 441. The van der Waals surface area contributed by atoms with Gasteiger partial charge in [-0.05, 0) is 12.0 Å². The molecule has 1 aliphatic rings. The maximum Gasteiger partial charge on any atom is 0.240 e. The average molecular weight is 262 g/mol. The molecule has 1 aromatic rings. The van der Waals surface area contributed by atoms with Gasteiger partial charge in [0.1, 0.15) is 6.04 Å². The van der Waals surface area contributed by atoms with Gasteiger partial charge in [-0.1, -0.05) is 30.3 Å². The Labute approximate surface area is 112 Å². The van der Waals surface area contributed by atoms with E-state index in [0.717, 1.165) is 5.56 Å². The number of hydrogen-bond acceptors (Lipinski definition) is 3. The second kappa shape index (κ2) is 6.33. The molecule has 0 aromatic heterocycles. The lowest BCUT2D eigenvalue weighted by molar-refractivity contribution is -0.129. The summed E-state index contributed by atoms with van der Waals surface area (Å²) in [5, 5.41) is 2.71. The average Bonchev–Trinajstić information content (AvgIpc) is 2.93. The highest BCUT2D eigenvalue weighted by atomic mass is 16.5. The van der Waals surface area contributed by atoms with Gasteiger partial charge in [0.15, 0.2) is 0 Å². The van der Waals surface area contributed by atoms with Crippen LogP contribution in [0.1, 0.15) is 12.0 Å². The minimum Gasteiger partial charge on any atom is -0.381 e. The van der Waals surface area contributed by atoms with E-state index < -0.39 is 11.9 Å². The first kappa shape index (κ1) is 13.5. The van der Waals surface area contributed by atoms with Gasteiger partial charge in [-0.3, -0.25) is 9.59 Å². The number of rotatable bonds is 5. The van der Waals surface area contributed by atoms with Crippen molar-refractivity contribution in [2.24, 2.45) is 11.7 Å². The van der Waals surface area contributed by atoms with Crippen LogP contribution in [0, 0.1) is 5.92 Å². The molecule has 3 N–H and O–H groups in total. The number of carbonyl (C=O) groups is 2. The van der Waals surface area contributed by atoms with Gasteiger partial charge in [0.2, 0.25) is 11.8 Å². The van der Waals surface area contributed by atoms with Gasteiger partial charge in [0.25, 0.3) is 0 Å². The zero-order valence-electron chi connectivity index (χ0n) is 10.7. The molecule has 1 heterocycles. The van der Waals surface area contributed by atoms with Gasteiger partial charge in [-0.25, -0.2) is 0 Å². The van der Waals surface area contributed by atoms with Crippen molar-refractivity contribution >= 4 is 11.8 Å². The Kier molecular flexibility index (Phi) is 4.52. The number of ether oxygens (including phenoxy) is 1. The summed E-state index contributed by atoms with van der Waals surface area (Å²) in [4.78, 5) is 23.4. The fraction of sp³-hybridized carbons (Fsp3) is 0.429. The molecule has 2 amide bonds. The van der Waals surface area contributed by atoms with Gasteiger partial charge in [-0.2, -0.15) is 0 Å². The normalized spacial score (nSPS) is 19.9. The Morgan fingerprint density at radius 2 is 2.11 bits per heavy atom. The molecule has 102 valence electrons. The van der Waals surface area contributed by atoms with Crippen LogP contribution in [0.3, 0.4) is 0 Å². The van der Waals surface area contributed by atoms with E-state index in [2.05, 4.69) is 5.32 Å². The van der Waals surface area contributed by atoms with Crippen LogP contribution in [-0.4, -0.2) is 31.1 Å². The van der Waals surface area contributed by atoms with Crippen molar-refractivity contribution in [3.05, 3.63) is 35.9 Å². The molecule has 5 heteroatoms. The molecule has 2 rings (SSSR count). The van der Waals surface area contributed by atoms with Crippen molar-refractivity contribution in [3.8, 4) is 0 Å². The minimum absolute atomic E-state index is 0.155. The van der Waals surface area contributed by atoms with Crippen LogP contribution in [0.25, 0.3) is 0 Å². The zero-order valence-corrected chi connectivity index (χ0v) is 10.7. The van der Waals surface area contributed by atoms with Crippen molar-refractivity contribution in [3.63, 3.8) is 0 Å². The van der Waals surface area contributed by atoms with Gasteiger partial charge >= 0.3 is 0 Å². The lowest BCUT2D eigenvalue weighted by Gasteiger charge is -2.17. The zero-order chi connectivity index (χ0) is 13.7. The van der Waals surface area contributed by atoms with E-state index in [4.69, 9.17) is 10.5 Å². The molecule has 5 nitrogen and oxygen atoms in total. The lowest BCUT2D eigenvalue weighted by atomic mass is 10.0. The third kappa shape index (κ3) is 3.79. The predicted octanol–water partition coefficient (Wildman–Crippen LogP) is 0.236. The van der Waals surface area contributed by atoms with E-state index in [-0.39, 0.29) is 11.8 Å². The fourth-order valence-electron chi connectivity index (χ4n) is 2.10. The largest absolute Gasteiger partial charge is 0.381 e. The maximum atomic E-state index is 12.0. The summed E-state index contributed by atoms with van der Waals surface area (Å²) in [5.74, 6) is -0.842. The quantitative estimate of drug-likeness (QED) is 0.797. The van der Waals surface area contributed by atoms with Crippen molar-refractivity contribution in [2.75, 3.05) is 13.2 Å². The highest BCUT2D eigenvalue weighted by Crippen LogP contribution is 2.13. The molecule has 1 aromatic carbocycles. The smallest absolute Gasteiger partial charge is 0.240 e. The minimum atomic E-state index is -0.671. The lowest BCUT2D eigenvalue weighted by Crippen LogP contribution is -2.48. The highest BCUT2D eigenvalue weighted by Gasteiger charge is 2.27. The standard InChI is InChI=1S/C14H18N2O3/c15-13(17)12(8-10-4-2-1-3-5-10)16-14(18)11-6-7-19-9-11/h1-5,11-12H,6-9H2,(H2,15,17)(H,16,18)/t11-,12+/m1/s1. The Morgan fingerprint density at radius 1 is 1.37 bits per heavy atom. The molecule has 1 saturated heterocycles. The molecule has 19 heavy (non-hydrogen) atoms. The summed E-state index contributed by atoms with van der Waals surface area (Å²) in [6.07, 6.45) is 1.11. The maximum absolute atomic E-state index is 12.0. The van der Waals surface area contributed by atoms with Crippen LogP contribution >= 0.6 is 0 Å². The van der Waals surface area contributed by atoms with Crippen LogP contribution in [-0.2, 0) is 20.7 Å². The summed E-state index contributed by atoms with van der Waals surface area (Å²) in [7, 11) is 0. The van der Waals surface area contributed by atoms with Crippen LogP contribution in [0.2, 0.25) is 0 Å². The van der Waals surface area contributed by atoms with Crippen LogP contribution in [0.15, 0.2) is 30.3 Å². The molecule has 0 aliphatic carbocycles. The molecule has 0 unspecified atom stereocenters. The third-order valence-electron chi connectivity index (χ3n) is 3.24. The number of amides is 2. The molecule has 2 atom stereocenters. The third-order valence-corrected chi connectivity index (χ3v) is 3.24. The van der Waals surface area contributed by atoms with Crippen LogP contribution in [0.4, 0.5) is 0 Å². The summed E-state index contributed by atoms with van der Waals surface area (Å²) < 4.78 is 5.16. The van der Waals surface area contributed by atoms with E-state index in [0.29, 0.717) is 26.1 Å². The fourth-order valence-corrected chi connectivity index (χ4v) is 2.10.